The molecule has 2 aromatic heterocycles. The van der Waals surface area contributed by atoms with Crippen LogP contribution >= 0.6 is 22.9 Å². The van der Waals surface area contributed by atoms with Crippen molar-refractivity contribution in [3.63, 3.8) is 0 Å². The molecule has 2 heterocycles. The molecule has 0 amide bonds. The van der Waals surface area contributed by atoms with Crippen LogP contribution in [0.1, 0.15) is 43.0 Å². The van der Waals surface area contributed by atoms with Gasteiger partial charge in [-0.2, -0.15) is 0 Å². The molecule has 18 heavy (non-hydrogen) atoms. The van der Waals surface area contributed by atoms with Gasteiger partial charge in [0.05, 0.1) is 22.8 Å². The maximum atomic E-state index is 6.06. The zero-order valence-electron chi connectivity index (χ0n) is 11.0. The number of rotatable bonds is 2. The number of thiazole rings is 1. The van der Waals surface area contributed by atoms with Crippen LogP contribution in [-0.4, -0.2) is 15.0 Å². The lowest BCUT2D eigenvalue weighted by Crippen LogP contribution is -2.15. The van der Waals surface area contributed by atoms with Crippen LogP contribution in [0.3, 0.4) is 0 Å². The van der Waals surface area contributed by atoms with E-state index in [2.05, 4.69) is 35.7 Å². The third kappa shape index (κ3) is 3.27. The molecule has 0 N–H and O–H groups in total. The van der Waals surface area contributed by atoms with Gasteiger partial charge in [0.15, 0.2) is 0 Å². The molecule has 0 spiro atoms. The summed E-state index contributed by atoms with van der Waals surface area (Å²) in [5, 5.41) is 3.59. The molecule has 0 aliphatic carbocycles. The second-order valence-electron chi connectivity index (χ2n) is 5.28. The Morgan fingerprint density at radius 3 is 2.50 bits per heavy atom. The lowest BCUT2D eigenvalue weighted by Gasteiger charge is -2.18. The number of hydrogen-bond acceptors (Lipinski definition) is 4. The van der Waals surface area contributed by atoms with E-state index in [9.17, 15) is 0 Å². The number of halogens is 1. The average molecular weight is 282 g/mol. The third-order valence-corrected chi connectivity index (χ3v) is 3.53. The molecule has 0 bridgehead atoms. The molecule has 0 fully saturated rings. The molecule has 0 unspecified atom stereocenters. The van der Waals surface area contributed by atoms with E-state index in [1.54, 1.807) is 11.3 Å². The van der Waals surface area contributed by atoms with Crippen molar-refractivity contribution in [3.8, 4) is 0 Å². The summed E-state index contributed by atoms with van der Waals surface area (Å²) in [6.07, 6.45) is 0.633. The van der Waals surface area contributed by atoms with Gasteiger partial charge < -0.3 is 0 Å². The molecule has 2 aromatic rings. The van der Waals surface area contributed by atoms with Gasteiger partial charge in [-0.3, -0.25) is 0 Å². The number of hydrogen-bond donors (Lipinski definition) is 0. The van der Waals surface area contributed by atoms with Crippen molar-refractivity contribution in [3.05, 3.63) is 38.8 Å². The fourth-order valence-electron chi connectivity index (χ4n) is 1.58. The van der Waals surface area contributed by atoms with Gasteiger partial charge in [0.25, 0.3) is 0 Å². The predicted molar refractivity (Wildman–Crippen MR) is 75.4 cm³/mol. The van der Waals surface area contributed by atoms with Crippen molar-refractivity contribution in [2.45, 2.75) is 39.5 Å². The van der Waals surface area contributed by atoms with E-state index < -0.39 is 0 Å². The molecule has 0 saturated carbocycles. The minimum absolute atomic E-state index is 0.0285. The van der Waals surface area contributed by atoms with Gasteiger partial charge in [-0.1, -0.05) is 32.4 Å². The molecule has 0 aromatic carbocycles. The van der Waals surface area contributed by atoms with Crippen LogP contribution in [0.2, 0.25) is 5.15 Å². The lowest BCUT2D eigenvalue weighted by molar-refractivity contribution is 0.563. The molecule has 0 radical (unpaired) electrons. The SMILES string of the molecule is Cc1nc(Cc2nc(Cl)cc(C(C)(C)C)n2)cs1. The van der Waals surface area contributed by atoms with E-state index in [-0.39, 0.29) is 5.41 Å². The van der Waals surface area contributed by atoms with E-state index in [0.717, 1.165) is 22.2 Å². The van der Waals surface area contributed by atoms with E-state index in [4.69, 9.17) is 11.6 Å². The van der Waals surface area contributed by atoms with Crippen LogP contribution in [-0.2, 0) is 11.8 Å². The van der Waals surface area contributed by atoms with E-state index in [1.807, 2.05) is 18.4 Å². The summed E-state index contributed by atoms with van der Waals surface area (Å²) in [7, 11) is 0. The van der Waals surface area contributed by atoms with Crippen molar-refractivity contribution >= 4 is 22.9 Å². The molecular weight excluding hydrogens is 266 g/mol. The van der Waals surface area contributed by atoms with E-state index in [1.165, 1.54) is 0 Å². The van der Waals surface area contributed by atoms with Gasteiger partial charge in [0.1, 0.15) is 11.0 Å². The van der Waals surface area contributed by atoms with Gasteiger partial charge in [0.2, 0.25) is 0 Å². The van der Waals surface area contributed by atoms with Gasteiger partial charge >= 0.3 is 0 Å². The molecule has 3 nitrogen and oxygen atoms in total. The highest BCUT2D eigenvalue weighted by atomic mass is 35.5. The monoisotopic (exact) mass is 281 g/mol. The van der Waals surface area contributed by atoms with Crippen molar-refractivity contribution in [1.29, 1.82) is 0 Å². The van der Waals surface area contributed by atoms with Crippen LogP contribution in [0.15, 0.2) is 11.4 Å². The van der Waals surface area contributed by atoms with Crippen molar-refractivity contribution in [1.82, 2.24) is 15.0 Å². The Kier molecular flexibility index (Phi) is 3.69. The highest BCUT2D eigenvalue weighted by Gasteiger charge is 2.18. The fraction of sp³-hybridized carbons (Fsp3) is 0.462. The van der Waals surface area contributed by atoms with Crippen molar-refractivity contribution < 1.29 is 0 Å². The van der Waals surface area contributed by atoms with Gasteiger partial charge in [0, 0.05) is 10.8 Å². The molecular formula is C13H16ClN3S. The summed E-state index contributed by atoms with van der Waals surface area (Å²) >= 11 is 7.70. The quantitative estimate of drug-likeness (QED) is 0.786. The summed E-state index contributed by atoms with van der Waals surface area (Å²) in [4.78, 5) is 13.3. The Hall–Kier alpha value is -1.00. The number of aryl methyl sites for hydroxylation is 1. The highest BCUT2D eigenvalue weighted by molar-refractivity contribution is 7.09. The summed E-state index contributed by atoms with van der Waals surface area (Å²) in [6, 6.07) is 1.83. The first-order valence-electron chi connectivity index (χ1n) is 5.79. The Morgan fingerprint density at radius 1 is 1.22 bits per heavy atom. The van der Waals surface area contributed by atoms with E-state index in [0.29, 0.717) is 11.6 Å². The Bertz CT molecular complexity index is 558. The van der Waals surface area contributed by atoms with Crippen LogP contribution in [0.4, 0.5) is 0 Å². The minimum Gasteiger partial charge on any atom is -0.246 e. The summed E-state index contributed by atoms with van der Waals surface area (Å²) in [5.74, 6) is 0.734. The second-order valence-corrected chi connectivity index (χ2v) is 6.73. The van der Waals surface area contributed by atoms with Gasteiger partial charge in [-0.05, 0) is 13.0 Å². The molecule has 2 rings (SSSR count). The zero-order valence-corrected chi connectivity index (χ0v) is 12.6. The predicted octanol–water partition coefficient (Wildman–Crippen LogP) is 3.78. The van der Waals surface area contributed by atoms with E-state index >= 15 is 0 Å². The van der Waals surface area contributed by atoms with Gasteiger partial charge in [-0.25, -0.2) is 15.0 Å². The molecule has 0 saturated heterocycles. The first kappa shape index (κ1) is 13.4. The maximum Gasteiger partial charge on any atom is 0.136 e. The second kappa shape index (κ2) is 4.94. The number of aromatic nitrogens is 3. The number of nitrogens with zero attached hydrogens (tertiary/aromatic N) is 3. The summed E-state index contributed by atoms with van der Waals surface area (Å²) in [5.41, 5.74) is 1.93. The van der Waals surface area contributed by atoms with Crippen molar-refractivity contribution in [2.75, 3.05) is 0 Å². The topological polar surface area (TPSA) is 38.7 Å². The lowest BCUT2D eigenvalue weighted by atomic mass is 9.92. The molecule has 0 aliphatic rings. The van der Waals surface area contributed by atoms with Crippen molar-refractivity contribution in [2.24, 2.45) is 0 Å². The van der Waals surface area contributed by atoms with Crippen LogP contribution < -0.4 is 0 Å². The fourth-order valence-corrected chi connectivity index (χ4v) is 2.39. The molecule has 0 atom stereocenters. The molecule has 96 valence electrons. The summed E-state index contributed by atoms with van der Waals surface area (Å²) < 4.78 is 0. The normalized spacial score (nSPS) is 11.8. The molecule has 0 aliphatic heterocycles. The average Bonchev–Trinajstić information content (AvgIpc) is 2.61. The first-order valence-corrected chi connectivity index (χ1v) is 7.05. The third-order valence-electron chi connectivity index (χ3n) is 2.52. The minimum atomic E-state index is -0.0285. The smallest absolute Gasteiger partial charge is 0.136 e. The van der Waals surface area contributed by atoms with Crippen LogP contribution in [0.5, 0.6) is 0 Å². The largest absolute Gasteiger partial charge is 0.246 e. The Labute approximate surface area is 116 Å². The van der Waals surface area contributed by atoms with Gasteiger partial charge in [-0.15, -0.1) is 11.3 Å². The highest BCUT2D eigenvalue weighted by Crippen LogP contribution is 2.23. The van der Waals surface area contributed by atoms with Crippen LogP contribution in [0, 0.1) is 6.92 Å². The molecule has 5 heteroatoms. The first-order chi connectivity index (χ1) is 8.34. The Balaban J connectivity index is 2.31. The van der Waals surface area contributed by atoms with Crippen LogP contribution in [0.25, 0.3) is 0 Å². The maximum absolute atomic E-state index is 6.06. The Morgan fingerprint density at radius 2 is 1.94 bits per heavy atom. The summed E-state index contributed by atoms with van der Waals surface area (Å²) in [6.45, 7) is 8.33. The standard InChI is InChI=1S/C13H16ClN3S/c1-8-15-9(7-18-8)5-12-16-10(13(2,3)4)6-11(14)17-12/h6-7H,5H2,1-4H3. The zero-order chi connectivity index (χ0) is 13.3.